The van der Waals surface area contributed by atoms with Crippen LogP contribution in [0.2, 0.25) is 0 Å². The minimum absolute atomic E-state index is 0.163. The summed E-state index contributed by atoms with van der Waals surface area (Å²) in [6, 6.07) is 0.309. The van der Waals surface area contributed by atoms with Crippen LogP contribution in [0.5, 0.6) is 0 Å². The van der Waals surface area contributed by atoms with Gasteiger partial charge < -0.3 is 10.6 Å². The second-order valence-electron chi connectivity index (χ2n) is 4.14. The molecule has 0 bridgehead atoms. The number of nitrogens with one attached hydrogen (secondary N) is 2. The third-order valence-electron chi connectivity index (χ3n) is 2.88. The summed E-state index contributed by atoms with van der Waals surface area (Å²) < 4.78 is 0. The summed E-state index contributed by atoms with van der Waals surface area (Å²) in [7, 11) is 0. The highest BCUT2D eigenvalue weighted by Gasteiger charge is 2.17. The number of nitrogens with zero attached hydrogens (tertiary/aromatic N) is 1. The van der Waals surface area contributed by atoms with E-state index in [4.69, 9.17) is 0 Å². The van der Waals surface area contributed by atoms with Gasteiger partial charge in [-0.25, -0.2) is 4.98 Å². The van der Waals surface area contributed by atoms with Gasteiger partial charge in [-0.05, 0) is 19.8 Å². The van der Waals surface area contributed by atoms with Crippen molar-refractivity contribution in [3.05, 3.63) is 16.1 Å². The van der Waals surface area contributed by atoms with Crippen molar-refractivity contribution in [3.63, 3.8) is 0 Å². The first-order valence-electron chi connectivity index (χ1n) is 5.65. The van der Waals surface area contributed by atoms with Crippen LogP contribution in [0, 0.1) is 6.92 Å². The van der Waals surface area contributed by atoms with Crippen LogP contribution in [0.4, 0.5) is 0 Å². The monoisotopic (exact) mass is 239 g/mol. The van der Waals surface area contributed by atoms with Crippen molar-refractivity contribution in [2.45, 2.75) is 38.8 Å². The zero-order valence-corrected chi connectivity index (χ0v) is 10.3. The molecule has 1 aliphatic rings. The van der Waals surface area contributed by atoms with E-state index >= 15 is 0 Å². The van der Waals surface area contributed by atoms with Gasteiger partial charge in [0.2, 0.25) is 5.91 Å². The Morgan fingerprint density at radius 1 is 1.69 bits per heavy atom. The second kappa shape index (κ2) is 5.41. The average Bonchev–Trinajstić information content (AvgIpc) is 2.54. The molecule has 1 aliphatic heterocycles. The number of thiazole rings is 1. The molecule has 1 aromatic rings. The van der Waals surface area contributed by atoms with E-state index < -0.39 is 0 Å². The zero-order valence-electron chi connectivity index (χ0n) is 9.45. The van der Waals surface area contributed by atoms with E-state index in [1.54, 1.807) is 11.3 Å². The molecule has 1 fully saturated rings. The molecule has 1 aromatic heterocycles. The topological polar surface area (TPSA) is 54.0 Å². The Hall–Kier alpha value is -0.940. The van der Waals surface area contributed by atoms with Crippen LogP contribution in [0.3, 0.4) is 0 Å². The molecule has 2 heterocycles. The lowest BCUT2D eigenvalue weighted by atomic mass is 10.1. The van der Waals surface area contributed by atoms with Gasteiger partial charge in [-0.1, -0.05) is 0 Å². The Morgan fingerprint density at radius 3 is 3.31 bits per heavy atom. The molecule has 1 saturated heterocycles. The lowest BCUT2D eigenvalue weighted by molar-refractivity contribution is -0.121. The van der Waals surface area contributed by atoms with E-state index in [0.717, 1.165) is 31.6 Å². The van der Waals surface area contributed by atoms with Gasteiger partial charge >= 0.3 is 0 Å². The van der Waals surface area contributed by atoms with Crippen molar-refractivity contribution in [3.8, 4) is 0 Å². The first-order chi connectivity index (χ1) is 7.75. The van der Waals surface area contributed by atoms with Gasteiger partial charge in [-0.2, -0.15) is 0 Å². The molecule has 1 atom stereocenters. The predicted octanol–water partition coefficient (Wildman–Crippen LogP) is 1.21. The summed E-state index contributed by atoms with van der Waals surface area (Å²) in [4.78, 5) is 16.8. The number of carbonyl (C=O) groups is 1. The van der Waals surface area contributed by atoms with Crippen LogP contribution in [-0.2, 0) is 11.3 Å². The highest BCUT2D eigenvalue weighted by molar-refractivity contribution is 7.09. The number of hydrogen-bond acceptors (Lipinski definition) is 4. The summed E-state index contributed by atoms with van der Waals surface area (Å²) in [6.07, 6.45) is 2.72. The molecular formula is C11H17N3OS. The molecule has 2 rings (SSSR count). The largest absolute Gasteiger partial charge is 0.356 e. The summed E-state index contributed by atoms with van der Waals surface area (Å²) in [5.74, 6) is 0.163. The summed E-state index contributed by atoms with van der Waals surface area (Å²) in [5, 5.41) is 6.34. The Morgan fingerprint density at radius 2 is 2.56 bits per heavy atom. The maximum atomic E-state index is 11.4. The van der Waals surface area contributed by atoms with Gasteiger partial charge in [0.15, 0.2) is 0 Å². The highest BCUT2D eigenvalue weighted by Crippen LogP contribution is 2.13. The van der Waals surface area contributed by atoms with Gasteiger partial charge in [0.25, 0.3) is 0 Å². The standard InChI is InChI=1S/C11H17N3OS/c1-8-10(16-7-14-8)6-13-9-3-2-4-12-11(15)5-9/h7,9,13H,2-6H2,1H3,(H,12,15). The van der Waals surface area contributed by atoms with Crippen molar-refractivity contribution in [1.82, 2.24) is 15.6 Å². The van der Waals surface area contributed by atoms with Crippen molar-refractivity contribution in [2.24, 2.45) is 0 Å². The number of carbonyl (C=O) groups excluding carboxylic acids is 1. The Kier molecular flexibility index (Phi) is 3.90. The van der Waals surface area contributed by atoms with Crippen LogP contribution in [0.1, 0.15) is 29.8 Å². The predicted molar refractivity (Wildman–Crippen MR) is 64.3 cm³/mol. The highest BCUT2D eigenvalue weighted by atomic mass is 32.1. The molecule has 0 spiro atoms. The van der Waals surface area contributed by atoms with Crippen molar-refractivity contribution < 1.29 is 4.79 Å². The van der Waals surface area contributed by atoms with Crippen molar-refractivity contribution >= 4 is 17.2 Å². The molecule has 0 saturated carbocycles. The van der Waals surface area contributed by atoms with Crippen molar-refractivity contribution in [2.75, 3.05) is 6.54 Å². The Balaban J connectivity index is 1.85. The average molecular weight is 239 g/mol. The first kappa shape index (κ1) is 11.5. The molecule has 5 heteroatoms. The number of amides is 1. The van der Waals surface area contributed by atoms with E-state index in [9.17, 15) is 4.79 Å². The fraction of sp³-hybridized carbons (Fsp3) is 0.636. The van der Waals surface area contributed by atoms with Crippen LogP contribution < -0.4 is 10.6 Å². The quantitative estimate of drug-likeness (QED) is 0.833. The van der Waals surface area contributed by atoms with E-state index in [2.05, 4.69) is 15.6 Å². The van der Waals surface area contributed by atoms with E-state index in [0.29, 0.717) is 12.5 Å². The van der Waals surface area contributed by atoms with Crippen LogP contribution in [-0.4, -0.2) is 23.5 Å². The van der Waals surface area contributed by atoms with Gasteiger partial charge in [0, 0.05) is 30.4 Å². The molecule has 4 nitrogen and oxygen atoms in total. The van der Waals surface area contributed by atoms with Gasteiger partial charge in [-0.3, -0.25) is 4.79 Å². The zero-order chi connectivity index (χ0) is 11.4. The number of aromatic nitrogens is 1. The SMILES string of the molecule is Cc1ncsc1CNC1CCCNC(=O)C1. The molecule has 2 N–H and O–H groups in total. The van der Waals surface area contributed by atoms with Crippen molar-refractivity contribution in [1.29, 1.82) is 0 Å². The van der Waals surface area contributed by atoms with Crippen LogP contribution in [0.15, 0.2) is 5.51 Å². The van der Waals surface area contributed by atoms with Gasteiger partial charge in [0.05, 0.1) is 11.2 Å². The minimum atomic E-state index is 0.163. The summed E-state index contributed by atoms with van der Waals surface area (Å²) in [5.41, 5.74) is 2.96. The van der Waals surface area contributed by atoms with E-state index in [1.165, 1.54) is 4.88 Å². The molecule has 1 unspecified atom stereocenters. The van der Waals surface area contributed by atoms with Gasteiger partial charge in [0.1, 0.15) is 0 Å². The fourth-order valence-electron chi connectivity index (χ4n) is 1.88. The lowest BCUT2D eigenvalue weighted by Gasteiger charge is -2.14. The first-order valence-corrected chi connectivity index (χ1v) is 6.52. The molecule has 0 aliphatic carbocycles. The van der Waals surface area contributed by atoms with Crippen LogP contribution in [0.25, 0.3) is 0 Å². The molecule has 88 valence electrons. The number of rotatable bonds is 3. The summed E-state index contributed by atoms with van der Waals surface area (Å²) in [6.45, 7) is 3.67. The smallest absolute Gasteiger partial charge is 0.221 e. The number of hydrogen-bond donors (Lipinski definition) is 2. The molecule has 16 heavy (non-hydrogen) atoms. The van der Waals surface area contributed by atoms with E-state index in [-0.39, 0.29) is 5.91 Å². The molecular weight excluding hydrogens is 222 g/mol. The third kappa shape index (κ3) is 3.02. The van der Waals surface area contributed by atoms with Gasteiger partial charge in [-0.15, -0.1) is 11.3 Å². The lowest BCUT2D eigenvalue weighted by Crippen LogP contribution is -2.32. The normalized spacial score (nSPS) is 21.6. The maximum absolute atomic E-state index is 11.4. The number of aryl methyl sites for hydroxylation is 1. The minimum Gasteiger partial charge on any atom is -0.356 e. The third-order valence-corrected chi connectivity index (χ3v) is 3.81. The summed E-state index contributed by atoms with van der Waals surface area (Å²) >= 11 is 1.67. The fourth-order valence-corrected chi connectivity index (χ4v) is 2.61. The molecule has 1 amide bonds. The van der Waals surface area contributed by atoms with E-state index in [1.807, 2.05) is 12.4 Å². The molecule has 0 radical (unpaired) electrons. The van der Waals surface area contributed by atoms with Crippen LogP contribution >= 0.6 is 11.3 Å². The second-order valence-corrected chi connectivity index (χ2v) is 5.07. The Labute approximate surface area is 99.5 Å². The molecule has 0 aromatic carbocycles. The maximum Gasteiger partial charge on any atom is 0.221 e. The Bertz CT molecular complexity index is 364.